The Labute approximate surface area is 137 Å². The number of nitrogens with zero attached hydrogens (tertiary/aromatic N) is 1. The largest absolute Gasteiger partial charge is 0.494 e. The third-order valence-electron chi connectivity index (χ3n) is 3.72. The molecule has 1 aromatic carbocycles. The van der Waals surface area contributed by atoms with E-state index in [1.54, 1.807) is 18.9 Å². The monoisotopic (exact) mass is 319 g/mol. The molecule has 0 aromatic heterocycles. The second-order valence-corrected chi connectivity index (χ2v) is 5.51. The maximum atomic E-state index is 12.3. The Balaban J connectivity index is 1.76. The van der Waals surface area contributed by atoms with Crippen LogP contribution in [0.5, 0.6) is 5.75 Å². The second-order valence-electron chi connectivity index (χ2n) is 5.51. The number of likely N-dealkylation sites (N-methyl/N-ethyl adjacent to an activating group) is 1. The molecule has 5 heteroatoms. The van der Waals surface area contributed by atoms with Gasteiger partial charge in [-0.2, -0.15) is 0 Å². The number of carbonyl (C=O) groups excluding carboxylic acids is 1. The fourth-order valence-corrected chi connectivity index (χ4v) is 2.34. The van der Waals surface area contributed by atoms with Gasteiger partial charge in [0.15, 0.2) is 0 Å². The van der Waals surface area contributed by atoms with Gasteiger partial charge in [0.2, 0.25) is 5.76 Å². The number of benzene rings is 1. The molecule has 1 aliphatic rings. The van der Waals surface area contributed by atoms with Gasteiger partial charge in [-0.1, -0.05) is 19.1 Å². The molecule has 0 saturated heterocycles. The van der Waals surface area contributed by atoms with Crippen LogP contribution in [0, 0.1) is 0 Å². The third-order valence-corrected chi connectivity index (χ3v) is 3.72. The van der Waals surface area contributed by atoms with Crippen molar-refractivity contribution >= 4 is 5.91 Å². The standard InChI is InChI=1S/C18H25NO4/c1-4-15-7-5-8-16(13-15)22-10-6-9-19(3)18(20)17-14(2)21-11-12-23-17/h5,7-8,13H,4,6,9-12H2,1-3H3. The van der Waals surface area contributed by atoms with Crippen LogP contribution in [-0.4, -0.2) is 44.2 Å². The highest BCUT2D eigenvalue weighted by Gasteiger charge is 2.22. The SMILES string of the molecule is CCc1cccc(OCCCN(C)C(=O)C2=C(C)OCCO2)c1. The molecule has 0 saturated carbocycles. The van der Waals surface area contributed by atoms with Crippen LogP contribution >= 0.6 is 0 Å². The van der Waals surface area contributed by atoms with Crippen LogP contribution in [0.25, 0.3) is 0 Å². The van der Waals surface area contributed by atoms with Crippen molar-refractivity contribution in [2.75, 3.05) is 33.4 Å². The smallest absolute Gasteiger partial charge is 0.292 e. The quantitative estimate of drug-likeness (QED) is 0.725. The summed E-state index contributed by atoms with van der Waals surface area (Å²) in [5.74, 6) is 1.60. The first kappa shape index (κ1) is 17.2. The van der Waals surface area contributed by atoms with Crippen molar-refractivity contribution in [3.63, 3.8) is 0 Å². The van der Waals surface area contributed by atoms with Crippen molar-refractivity contribution in [3.8, 4) is 5.75 Å². The summed E-state index contributed by atoms with van der Waals surface area (Å²) in [6, 6.07) is 8.09. The van der Waals surface area contributed by atoms with Gasteiger partial charge in [0.25, 0.3) is 5.91 Å². The van der Waals surface area contributed by atoms with E-state index >= 15 is 0 Å². The fraction of sp³-hybridized carbons (Fsp3) is 0.500. The summed E-state index contributed by atoms with van der Waals surface area (Å²) in [7, 11) is 1.76. The van der Waals surface area contributed by atoms with E-state index in [0.717, 1.165) is 18.6 Å². The van der Waals surface area contributed by atoms with Crippen molar-refractivity contribution in [1.82, 2.24) is 4.90 Å². The van der Waals surface area contributed by atoms with Gasteiger partial charge in [-0.15, -0.1) is 0 Å². The lowest BCUT2D eigenvalue weighted by atomic mass is 10.2. The molecular formula is C18H25NO4. The van der Waals surface area contributed by atoms with E-state index in [1.165, 1.54) is 5.56 Å². The number of hydrogen-bond acceptors (Lipinski definition) is 4. The van der Waals surface area contributed by atoms with Gasteiger partial charge in [0, 0.05) is 13.6 Å². The fourth-order valence-electron chi connectivity index (χ4n) is 2.34. The summed E-state index contributed by atoms with van der Waals surface area (Å²) >= 11 is 0. The average molecular weight is 319 g/mol. The Kier molecular flexibility index (Phi) is 6.32. The maximum Gasteiger partial charge on any atom is 0.292 e. The first-order valence-electron chi connectivity index (χ1n) is 8.05. The van der Waals surface area contributed by atoms with Gasteiger partial charge in [-0.25, -0.2) is 0 Å². The summed E-state index contributed by atoms with van der Waals surface area (Å²) in [4.78, 5) is 13.9. The molecule has 1 aromatic rings. The molecule has 0 spiro atoms. The Bertz CT molecular complexity index is 568. The molecule has 1 heterocycles. The van der Waals surface area contributed by atoms with Crippen molar-refractivity contribution in [3.05, 3.63) is 41.3 Å². The summed E-state index contributed by atoms with van der Waals surface area (Å²) in [6.45, 7) is 5.96. The van der Waals surface area contributed by atoms with Gasteiger partial charge in [0.1, 0.15) is 24.7 Å². The molecule has 5 nitrogen and oxygen atoms in total. The van der Waals surface area contributed by atoms with Crippen LogP contribution in [0.4, 0.5) is 0 Å². The molecule has 0 unspecified atom stereocenters. The Morgan fingerprint density at radius 3 is 2.83 bits per heavy atom. The molecule has 0 fully saturated rings. The van der Waals surface area contributed by atoms with E-state index in [4.69, 9.17) is 14.2 Å². The third kappa shape index (κ3) is 4.91. The molecule has 1 amide bonds. The zero-order valence-electron chi connectivity index (χ0n) is 14.1. The predicted octanol–water partition coefficient (Wildman–Crippen LogP) is 2.75. The van der Waals surface area contributed by atoms with Crippen LogP contribution in [0.3, 0.4) is 0 Å². The second kappa shape index (κ2) is 8.46. The number of hydrogen-bond donors (Lipinski definition) is 0. The molecule has 0 N–H and O–H groups in total. The van der Waals surface area contributed by atoms with Crippen molar-refractivity contribution in [2.45, 2.75) is 26.7 Å². The van der Waals surface area contributed by atoms with Gasteiger partial charge in [-0.3, -0.25) is 4.79 Å². The number of amides is 1. The number of carbonyl (C=O) groups is 1. The van der Waals surface area contributed by atoms with E-state index in [0.29, 0.717) is 37.9 Å². The van der Waals surface area contributed by atoms with Crippen LogP contribution in [0.2, 0.25) is 0 Å². The normalized spacial score (nSPS) is 14.0. The van der Waals surface area contributed by atoms with E-state index in [1.807, 2.05) is 12.1 Å². The lowest BCUT2D eigenvalue weighted by molar-refractivity contribution is -0.131. The molecule has 1 aliphatic heterocycles. The number of allylic oxidation sites excluding steroid dienone is 1. The molecule has 0 radical (unpaired) electrons. The topological polar surface area (TPSA) is 48.0 Å². The number of aryl methyl sites for hydroxylation is 1. The van der Waals surface area contributed by atoms with E-state index in [9.17, 15) is 4.79 Å². The molecule has 2 rings (SSSR count). The van der Waals surface area contributed by atoms with Gasteiger partial charge in [0.05, 0.1) is 6.61 Å². The lowest BCUT2D eigenvalue weighted by Crippen LogP contribution is -2.33. The average Bonchev–Trinajstić information content (AvgIpc) is 2.58. The summed E-state index contributed by atoms with van der Waals surface area (Å²) < 4.78 is 16.5. The lowest BCUT2D eigenvalue weighted by Gasteiger charge is -2.23. The Hall–Kier alpha value is -2.17. The van der Waals surface area contributed by atoms with E-state index < -0.39 is 0 Å². The highest BCUT2D eigenvalue weighted by molar-refractivity contribution is 5.91. The first-order valence-corrected chi connectivity index (χ1v) is 8.05. The molecule has 23 heavy (non-hydrogen) atoms. The van der Waals surface area contributed by atoms with Crippen LogP contribution < -0.4 is 4.74 Å². The summed E-state index contributed by atoms with van der Waals surface area (Å²) in [6.07, 6.45) is 1.75. The highest BCUT2D eigenvalue weighted by Crippen LogP contribution is 2.16. The van der Waals surface area contributed by atoms with Gasteiger partial charge >= 0.3 is 0 Å². The predicted molar refractivity (Wildman–Crippen MR) is 88.2 cm³/mol. The minimum atomic E-state index is -0.143. The maximum absolute atomic E-state index is 12.3. The van der Waals surface area contributed by atoms with Gasteiger partial charge < -0.3 is 19.1 Å². The van der Waals surface area contributed by atoms with Crippen molar-refractivity contribution < 1.29 is 19.0 Å². The van der Waals surface area contributed by atoms with E-state index in [-0.39, 0.29) is 5.91 Å². The first-order chi connectivity index (χ1) is 11.1. The molecule has 0 bridgehead atoms. The van der Waals surface area contributed by atoms with Crippen molar-refractivity contribution in [1.29, 1.82) is 0 Å². The molecule has 126 valence electrons. The Morgan fingerprint density at radius 1 is 1.30 bits per heavy atom. The molecule has 0 atom stereocenters. The highest BCUT2D eigenvalue weighted by atomic mass is 16.6. The van der Waals surface area contributed by atoms with Crippen molar-refractivity contribution in [2.24, 2.45) is 0 Å². The zero-order chi connectivity index (χ0) is 16.7. The molecular weight excluding hydrogens is 294 g/mol. The van der Waals surface area contributed by atoms with Crippen LogP contribution in [-0.2, 0) is 20.7 Å². The van der Waals surface area contributed by atoms with Crippen LogP contribution in [0.15, 0.2) is 35.8 Å². The van der Waals surface area contributed by atoms with Gasteiger partial charge in [-0.05, 0) is 37.5 Å². The summed E-state index contributed by atoms with van der Waals surface area (Å²) in [5.41, 5.74) is 1.26. The van der Waals surface area contributed by atoms with E-state index in [2.05, 4.69) is 19.1 Å². The minimum absolute atomic E-state index is 0.143. The van der Waals surface area contributed by atoms with Crippen LogP contribution in [0.1, 0.15) is 25.8 Å². The Morgan fingerprint density at radius 2 is 2.09 bits per heavy atom. The zero-order valence-corrected chi connectivity index (χ0v) is 14.1. The number of rotatable bonds is 7. The minimum Gasteiger partial charge on any atom is -0.494 e. The number of ether oxygens (including phenoxy) is 3. The summed E-state index contributed by atoms with van der Waals surface area (Å²) in [5, 5.41) is 0. The molecule has 0 aliphatic carbocycles.